The summed E-state index contributed by atoms with van der Waals surface area (Å²) in [5.41, 5.74) is 6.45. The van der Waals surface area contributed by atoms with E-state index in [1.807, 2.05) is 26.0 Å². The average molecular weight is 274 g/mol. The second-order valence-electron chi connectivity index (χ2n) is 3.91. The maximum Gasteiger partial charge on any atom is 0.128 e. The quantitative estimate of drug-likeness (QED) is 0.921. The molecule has 0 aliphatic heterocycles. The lowest BCUT2D eigenvalue weighted by Crippen LogP contribution is -2.29. The molecule has 0 spiro atoms. The predicted octanol–water partition coefficient (Wildman–Crippen LogP) is 2.66. The van der Waals surface area contributed by atoms with Gasteiger partial charge in [-0.1, -0.05) is 15.9 Å². The molecule has 0 fully saturated rings. The first-order valence-electron chi connectivity index (χ1n) is 4.61. The predicted molar refractivity (Wildman–Crippen MR) is 64.5 cm³/mol. The Balaban J connectivity index is 3.44. The summed E-state index contributed by atoms with van der Waals surface area (Å²) in [4.78, 5) is 0. The summed E-state index contributed by atoms with van der Waals surface area (Å²) in [5, 5.41) is 0. The molecule has 0 heterocycles. The zero-order valence-electron chi connectivity index (χ0n) is 9.43. The fraction of sp³-hybridized carbons (Fsp3) is 0.455. The Morgan fingerprint density at radius 2 is 1.53 bits per heavy atom. The number of nitrogens with two attached hydrogens (primary N) is 1. The highest BCUT2D eigenvalue weighted by Gasteiger charge is 2.24. The van der Waals surface area contributed by atoms with Crippen molar-refractivity contribution in [3.8, 4) is 11.5 Å². The standard InChI is InChI=1S/C11H16BrNO2/c1-11(2,13)10-8(14-3)5-7(12)6-9(10)15-4/h5-6H,13H2,1-4H3. The van der Waals surface area contributed by atoms with Crippen molar-refractivity contribution in [2.45, 2.75) is 19.4 Å². The molecule has 15 heavy (non-hydrogen) atoms. The van der Waals surface area contributed by atoms with Crippen LogP contribution in [0.1, 0.15) is 19.4 Å². The third-order valence-corrected chi connectivity index (χ3v) is 2.57. The second-order valence-corrected chi connectivity index (χ2v) is 4.82. The van der Waals surface area contributed by atoms with Gasteiger partial charge < -0.3 is 15.2 Å². The van der Waals surface area contributed by atoms with E-state index >= 15 is 0 Å². The van der Waals surface area contributed by atoms with Gasteiger partial charge >= 0.3 is 0 Å². The summed E-state index contributed by atoms with van der Waals surface area (Å²) in [7, 11) is 3.24. The van der Waals surface area contributed by atoms with Crippen molar-refractivity contribution in [1.29, 1.82) is 0 Å². The van der Waals surface area contributed by atoms with Crippen LogP contribution in [0, 0.1) is 0 Å². The molecule has 2 N–H and O–H groups in total. The van der Waals surface area contributed by atoms with Crippen LogP contribution in [0.3, 0.4) is 0 Å². The molecule has 0 saturated heterocycles. The van der Waals surface area contributed by atoms with E-state index in [2.05, 4.69) is 15.9 Å². The number of benzene rings is 1. The zero-order valence-corrected chi connectivity index (χ0v) is 11.0. The Morgan fingerprint density at radius 1 is 1.13 bits per heavy atom. The summed E-state index contributed by atoms with van der Waals surface area (Å²) in [6.07, 6.45) is 0. The molecule has 0 unspecified atom stereocenters. The SMILES string of the molecule is COc1cc(Br)cc(OC)c1C(C)(C)N. The van der Waals surface area contributed by atoms with E-state index in [-0.39, 0.29) is 0 Å². The molecule has 0 aliphatic rings. The normalized spacial score (nSPS) is 11.3. The smallest absolute Gasteiger partial charge is 0.128 e. The van der Waals surface area contributed by atoms with Crippen molar-refractivity contribution in [1.82, 2.24) is 0 Å². The topological polar surface area (TPSA) is 44.5 Å². The van der Waals surface area contributed by atoms with Crippen LogP contribution in [0.15, 0.2) is 16.6 Å². The summed E-state index contributed by atoms with van der Waals surface area (Å²) < 4.78 is 11.5. The maximum atomic E-state index is 6.08. The van der Waals surface area contributed by atoms with E-state index < -0.39 is 5.54 Å². The molecule has 1 aromatic rings. The van der Waals surface area contributed by atoms with Gasteiger partial charge in [-0.3, -0.25) is 0 Å². The molecule has 3 nitrogen and oxygen atoms in total. The van der Waals surface area contributed by atoms with E-state index in [9.17, 15) is 0 Å². The number of ether oxygens (including phenoxy) is 2. The van der Waals surface area contributed by atoms with Crippen LogP contribution in [-0.2, 0) is 5.54 Å². The lowest BCUT2D eigenvalue weighted by Gasteiger charge is -2.24. The highest BCUT2D eigenvalue weighted by atomic mass is 79.9. The lowest BCUT2D eigenvalue weighted by molar-refractivity contribution is 0.363. The van der Waals surface area contributed by atoms with E-state index in [0.717, 1.165) is 21.5 Å². The van der Waals surface area contributed by atoms with Gasteiger partial charge in [0.1, 0.15) is 11.5 Å². The van der Waals surface area contributed by atoms with Gasteiger partial charge in [-0.25, -0.2) is 0 Å². The van der Waals surface area contributed by atoms with Gasteiger partial charge in [0.15, 0.2) is 0 Å². The van der Waals surface area contributed by atoms with Crippen LogP contribution in [0.5, 0.6) is 11.5 Å². The molecule has 0 atom stereocenters. The van der Waals surface area contributed by atoms with E-state index in [4.69, 9.17) is 15.2 Å². The first kappa shape index (κ1) is 12.3. The molecule has 0 saturated carbocycles. The minimum Gasteiger partial charge on any atom is -0.496 e. The lowest BCUT2D eigenvalue weighted by atomic mass is 9.93. The van der Waals surface area contributed by atoms with Crippen molar-refractivity contribution in [3.05, 3.63) is 22.2 Å². The Kier molecular flexibility index (Phi) is 3.62. The summed E-state index contributed by atoms with van der Waals surface area (Å²) in [5.74, 6) is 1.46. The molecular formula is C11H16BrNO2. The van der Waals surface area contributed by atoms with Crippen molar-refractivity contribution >= 4 is 15.9 Å². The van der Waals surface area contributed by atoms with Crippen molar-refractivity contribution in [3.63, 3.8) is 0 Å². The molecule has 0 bridgehead atoms. The molecule has 0 amide bonds. The van der Waals surface area contributed by atoms with Gasteiger partial charge in [-0.15, -0.1) is 0 Å². The fourth-order valence-electron chi connectivity index (χ4n) is 1.51. The molecule has 1 rings (SSSR count). The highest BCUT2D eigenvalue weighted by Crippen LogP contribution is 2.38. The monoisotopic (exact) mass is 273 g/mol. The van der Waals surface area contributed by atoms with Crippen LogP contribution in [-0.4, -0.2) is 14.2 Å². The largest absolute Gasteiger partial charge is 0.496 e. The molecule has 4 heteroatoms. The van der Waals surface area contributed by atoms with Gasteiger partial charge in [0.25, 0.3) is 0 Å². The van der Waals surface area contributed by atoms with Gasteiger partial charge in [-0.05, 0) is 26.0 Å². The van der Waals surface area contributed by atoms with Crippen LogP contribution >= 0.6 is 15.9 Å². The number of rotatable bonds is 3. The molecule has 84 valence electrons. The Hall–Kier alpha value is -0.740. The summed E-state index contributed by atoms with van der Waals surface area (Å²) in [6, 6.07) is 3.76. The maximum absolute atomic E-state index is 6.08. The van der Waals surface area contributed by atoms with Gasteiger partial charge in [0, 0.05) is 10.0 Å². The first-order valence-corrected chi connectivity index (χ1v) is 5.40. The minimum atomic E-state index is -0.503. The molecule has 1 aromatic carbocycles. The summed E-state index contributed by atoms with van der Waals surface area (Å²) >= 11 is 3.39. The molecule has 0 aromatic heterocycles. The van der Waals surface area contributed by atoms with Crippen molar-refractivity contribution in [2.24, 2.45) is 5.73 Å². The van der Waals surface area contributed by atoms with Gasteiger partial charge in [0.05, 0.1) is 19.8 Å². The minimum absolute atomic E-state index is 0.503. The third-order valence-electron chi connectivity index (χ3n) is 2.11. The second kappa shape index (κ2) is 4.41. The number of methoxy groups -OCH3 is 2. The van der Waals surface area contributed by atoms with Gasteiger partial charge in [-0.2, -0.15) is 0 Å². The zero-order chi connectivity index (χ0) is 11.6. The van der Waals surface area contributed by atoms with E-state index in [0.29, 0.717) is 0 Å². The van der Waals surface area contributed by atoms with Crippen molar-refractivity contribution < 1.29 is 9.47 Å². The molecular weight excluding hydrogens is 258 g/mol. The first-order chi connectivity index (χ1) is 6.90. The number of halogens is 1. The van der Waals surface area contributed by atoms with Gasteiger partial charge in [0.2, 0.25) is 0 Å². The fourth-order valence-corrected chi connectivity index (χ4v) is 1.93. The summed E-state index contributed by atoms with van der Waals surface area (Å²) in [6.45, 7) is 3.84. The average Bonchev–Trinajstić information content (AvgIpc) is 2.14. The number of hydrogen-bond donors (Lipinski definition) is 1. The Bertz CT molecular complexity index is 333. The Morgan fingerprint density at radius 3 is 1.80 bits per heavy atom. The number of hydrogen-bond acceptors (Lipinski definition) is 3. The van der Waals surface area contributed by atoms with Crippen LogP contribution in [0.2, 0.25) is 0 Å². The van der Waals surface area contributed by atoms with E-state index in [1.165, 1.54) is 0 Å². The Labute approximate surface area is 98.7 Å². The molecule has 0 aliphatic carbocycles. The third kappa shape index (κ3) is 2.63. The highest BCUT2D eigenvalue weighted by molar-refractivity contribution is 9.10. The van der Waals surface area contributed by atoms with Crippen LogP contribution in [0.4, 0.5) is 0 Å². The van der Waals surface area contributed by atoms with Crippen LogP contribution < -0.4 is 15.2 Å². The van der Waals surface area contributed by atoms with Crippen LogP contribution in [0.25, 0.3) is 0 Å². The van der Waals surface area contributed by atoms with E-state index in [1.54, 1.807) is 14.2 Å². The molecule has 0 radical (unpaired) electrons. The van der Waals surface area contributed by atoms with Crippen molar-refractivity contribution in [2.75, 3.05) is 14.2 Å².